The molecule has 0 spiro atoms. The number of ether oxygens (including phenoxy) is 1. The Morgan fingerprint density at radius 1 is 1.25 bits per heavy atom. The molecule has 2 aliphatic rings. The zero-order valence-corrected chi connectivity index (χ0v) is 9.84. The first-order valence-electron chi connectivity index (χ1n) is 6.34. The number of carbonyl (C=O) groups excluding carboxylic acids is 1. The molecule has 1 saturated carbocycles. The van der Waals surface area contributed by atoms with Crippen molar-refractivity contribution in [1.29, 1.82) is 0 Å². The maximum Gasteiger partial charge on any atom is 0.222 e. The summed E-state index contributed by atoms with van der Waals surface area (Å²) in [5.74, 6) is 0.0951. The van der Waals surface area contributed by atoms with Gasteiger partial charge in [0.1, 0.15) is 0 Å². The average Bonchev–Trinajstić information content (AvgIpc) is 2.44. The van der Waals surface area contributed by atoms with Crippen LogP contribution in [0.15, 0.2) is 0 Å². The largest absolute Gasteiger partial charge is 0.377 e. The molecule has 0 unspecified atom stereocenters. The zero-order chi connectivity index (χ0) is 11.4. The molecule has 4 nitrogen and oxygen atoms in total. The first-order chi connectivity index (χ1) is 7.68. The molecule has 0 aromatic carbocycles. The maximum atomic E-state index is 11.8. The molecule has 0 bridgehead atoms. The van der Waals surface area contributed by atoms with E-state index in [0.717, 1.165) is 12.8 Å². The summed E-state index contributed by atoms with van der Waals surface area (Å²) in [6, 6.07) is 0.375. The number of rotatable bonds is 3. The Kier molecular flexibility index (Phi) is 3.82. The lowest BCUT2D eigenvalue weighted by Gasteiger charge is -2.37. The number of hydrogen-bond acceptors (Lipinski definition) is 3. The molecule has 0 aromatic rings. The molecule has 1 amide bonds. The SMILES string of the molecule is NC1(CC(=O)NC2CCCCCC2)COC1. The highest BCUT2D eigenvalue weighted by Gasteiger charge is 2.36. The summed E-state index contributed by atoms with van der Waals surface area (Å²) in [7, 11) is 0. The molecular weight excluding hydrogens is 204 g/mol. The number of amides is 1. The summed E-state index contributed by atoms with van der Waals surface area (Å²) in [5, 5.41) is 3.11. The van der Waals surface area contributed by atoms with Crippen molar-refractivity contribution in [2.24, 2.45) is 5.73 Å². The van der Waals surface area contributed by atoms with E-state index >= 15 is 0 Å². The van der Waals surface area contributed by atoms with E-state index in [1.165, 1.54) is 25.7 Å². The third kappa shape index (κ3) is 3.19. The van der Waals surface area contributed by atoms with E-state index in [1.54, 1.807) is 0 Å². The Hall–Kier alpha value is -0.610. The second-order valence-electron chi connectivity index (χ2n) is 5.29. The van der Waals surface area contributed by atoms with Gasteiger partial charge in [0.2, 0.25) is 5.91 Å². The summed E-state index contributed by atoms with van der Waals surface area (Å²) in [4.78, 5) is 11.8. The van der Waals surface area contributed by atoms with Crippen LogP contribution in [0.1, 0.15) is 44.9 Å². The third-order valence-corrected chi connectivity index (χ3v) is 3.51. The van der Waals surface area contributed by atoms with Crippen LogP contribution in [0.4, 0.5) is 0 Å². The standard InChI is InChI=1S/C12H22N2O2/c13-12(8-16-9-12)7-11(15)14-10-5-3-1-2-4-6-10/h10H,1-9,13H2,(H,14,15). The van der Waals surface area contributed by atoms with E-state index in [1.807, 2.05) is 0 Å². The molecule has 1 aliphatic carbocycles. The zero-order valence-electron chi connectivity index (χ0n) is 9.84. The average molecular weight is 226 g/mol. The maximum absolute atomic E-state index is 11.8. The van der Waals surface area contributed by atoms with E-state index < -0.39 is 5.54 Å². The highest BCUT2D eigenvalue weighted by atomic mass is 16.5. The Labute approximate surface area is 96.9 Å². The molecule has 0 radical (unpaired) electrons. The van der Waals surface area contributed by atoms with Gasteiger partial charge in [-0.3, -0.25) is 4.79 Å². The Bertz CT molecular complexity index is 243. The number of carbonyl (C=O) groups is 1. The van der Waals surface area contributed by atoms with Gasteiger partial charge in [0.15, 0.2) is 0 Å². The fraction of sp³-hybridized carbons (Fsp3) is 0.917. The van der Waals surface area contributed by atoms with Crippen molar-refractivity contribution in [2.75, 3.05) is 13.2 Å². The quantitative estimate of drug-likeness (QED) is 0.704. The Morgan fingerprint density at radius 3 is 2.38 bits per heavy atom. The van der Waals surface area contributed by atoms with Crippen LogP contribution in [-0.2, 0) is 9.53 Å². The number of nitrogens with one attached hydrogen (secondary N) is 1. The lowest BCUT2D eigenvalue weighted by atomic mass is 9.94. The molecular formula is C12H22N2O2. The van der Waals surface area contributed by atoms with Crippen molar-refractivity contribution in [3.63, 3.8) is 0 Å². The molecule has 3 N–H and O–H groups in total. The van der Waals surface area contributed by atoms with Gasteiger partial charge in [0, 0.05) is 12.5 Å². The van der Waals surface area contributed by atoms with E-state index in [0.29, 0.717) is 25.7 Å². The molecule has 0 aromatic heterocycles. The summed E-state index contributed by atoms with van der Waals surface area (Å²) in [6.45, 7) is 1.04. The lowest BCUT2D eigenvalue weighted by molar-refractivity contribution is -0.129. The molecule has 0 atom stereocenters. The smallest absolute Gasteiger partial charge is 0.222 e. The van der Waals surface area contributed by atoms with Gasteiger partial charge in [0.25, 0.3) is 0 Å². The second kappa shape index (κ2) is 5.15. The molecule has 2 fully saturated rings. The van der Waals surface area contributed by atoms with E-state index in [4.69, 9.17) is 10.5 Å². The predicted octanol–water partition coefficient (Wildman–Crippen LogP) is 0.943. The van der Waals surface area contributed by atoms with E-state index in [9.17, 15) is 4.79 Å². The summed E-state index contributed by atoms with van der Waals surface area (Å²) >= 11 is 0. The topological polar surface area (TPSA) is 64.4 Å². The number of hydrogen-bond donors (Lipinski definition) is 2. The minimum absolute atomic E-state index is 0.0951. The van der Waals surface area contributed by atoms with Gasteiger partial charge in [-0.2, -0.15) is 0 Å². The van der Waals surface area contributed by atoms with Crippen LogP contribution in [0.5, 0.6) is 0 Å². The van der Waals surface area contributed by atoms with Crippen LogP contribution in [0.25, 0.3) is 0 Å². The Morgan fingerprint density at radius 2 is 1.88 bits per heavy atom. The van der Waals surface area contributed by atoms with Crippen molar-refractivity contribution < 1.29 is 9.53 Å². The Balaban J connectivity index is 1.73. The van der Waals surface area contributed by atoms with Crippen LogP contribution in [0, 0.1) is 0 Å². The summed E-state index contributed by atoms with van der Waals surface area (Å²) < 4.78 is 5.04. The minimum atomic E-state index is -0.394. The van der Waals surface area contributed by atoms with Gasteiger partial charge >= 0.3 is 0 Å². The highest BCUT2D eigenvalue weighted by molar-refractivity contribution is 5.77. The lowest BCUT2D eigenvalue weighted by Crippen LogP contribution is -2.59. The monoisotopic (exact) mass is 226 g/mol. The van der Waals surface area contributed by atoms with Gasteiger partial charge in [-0.25, -0.2) is 0 Å². The van der Waals surface area contributed by atoms with Crippen molar-refractivity contribution in [2.45, 2.75) is 56.5 Å². The second-order valence-corrected chi connectivity index (χ2v) is 5.29. The van der Waals surface area contributed by atoms with Crippen LogP contribution >= 0.6 is 0 Å². The molecule has 16 heavy (non-hydrogen) atoms. The normalized spacial score (nSPS) is 25.6. The minimum Gasteiger partial charge on any atom is -0.377 e. The van der Waals surface area contributed by atoms with Crippen molar-refractivity contribution in [1.82, 2.24) is 5.32 Å². The van der Waals surface area contributed by atoms with Crippen LogP contribution in [0.3, 0.4) is 0 Å². The molecule has 1 saturated heterocycles. The first-order valence-corrected chi connectivity index (χ1v) is 6.34. The summed E-state index contributed by atoms with van der Waals surface area (Å²) in [6.07, 6.45) is 7.74. The van der Waals surface area contributed by atoms with E-state index in [-0.39, 0.29) is 5.91 Å². The fourth-order valence-corrected chi connectivity index (χ4v) is 2.49. The highest BCUT2D eigenvalue weighted by Crippen LogP contribution is 2.20. The van der Waals surface area contributed by atoms with Crippen molar-refractivity contribution in [3.05, 3.63) is 0 Å². The predicted molar refractivity (Wildman–Crippen MR) is 62.0 cm³/mol. The van der Waals surface area contributed by atoms with Crippen molar-refractivity contribution in [3.8, 4) is 0 Å². The fourth-order valence-electron chi connectivity index (χ4n) is 2.49. The van der Waals surface area contributed by atoms with Gasteiger partial charge in [-0.1, -0.05) is 25.7 Å². The van der Waals surface area contributed by atoms with Crippen LogP contribution in [-0.4, -0.2) is 30.7 Å². The molecule has 4 heteroatoms. The number of nitrogens with two attached hydrogens (primary N) is 1. The van der Waals surface area contributed by atoms with Crippen molar-refractivity contribution >= 4 is 5.91 Å². The first kappa shape index (κ1) is 11.9. The molecule has 92 valence electrons. The van der Waals surface area contributed by atoms with E-state index in [2.05, 4.69) is 5.32 Å². The van der Waals surface area contributed by atoms with Gasteiger partial charge in [-0.05, 0) is 12.8 Å². The molecule has 1 heterocycles. The van der Waals surface area contributed by atoms with Crippen LogP contribution in [0.2, 0.25) is 0 Å². The van der Waals surface area contributed by atoms with Crippen LogP contribution < -0.4 is 11.1 Å². The third-order valence-electron chi connectivity index (χ3n) is 3.51. The van der Waals surface area contributed by atoms with Gasteiger partial charge in [0.05, 0.1) is 18.8 Å². The summed E-state index contributed by atoms with van der Waals surface area (Å²) in [5.41, 5.74) is 5.56. The van der Waals surface area contributed by atoms with Gasteiger partial charge < -0.3 is 15.8 Å². The molecule has 2 rings (SSSR count). The molecule has 1 aliphatic heterocycles. The van der Waals surface area contributed by atoms with Gasteiger partial charge in [-0.15, -0.1) is 0 Å².